The Morgan fingerprint density at radius 2 is 2.06 bits per heavy atom. The smallest absolute Gasteiger partial charge is 0.166 e. The Morgan fingerprint density at radius 1 is 1.26 bits per heavy atom. The van der Waals surface area contributed by atoms with Gasteiger partial charge in [-0.3, -0.25) is 4.79 Å². The second kappa shape index (κ2) is 13.5. The lowest BCUT2D eigenvalue weighted by Crippen LogP contribution is -2.31. The third kappa shape index (κ3) is 7.13. The molecule has 0 saturated carbocycles. The maximum Gasteiger partial charge on any atom is 0.166 e. The number of aryl methyl sites for hydroxylation is 2. The summed E-state index contributed by atoms with van der Waals surface area (Å²) < 4.78 is 0. The van der Waals surface area contributed by atoms with E-state index in [0.717, 1.165) is 37.9 Å². The molecule has 1 heterocycles. The quantitative estimate of drug-likeness (QED) is 0.133. The predicted octanol–water partition coefficient (Wildman–Crippen LogP) is 7.06. The molecule has 4 heteroatoms. The van der Waals surface area contributed by atoms with Crippen LogP contribution < -0.4 is 5.32 Å². The van der Waals surface area contributed by atoms with Gasteiger partial charge in [0.1, 0.15) is 0 Å². The minimum absolute atomic E-state index is 0.174. The van der Waals surface area contributed by atoms with Gasteiger partial charge < -0.3 is 10.2 Å². The van der Waals surface area contributed by atoms with Gasteiger partial charge in [0.15, 0.2) is 6.29 Å². The maximum absolute atomic E-state index is 11.8. The van der Waals surface area contributed by atoms with Crippen molar-refractivity contribution in [2.24, 2.45) is 0 Å². The van der Waals surface area contributed by atoms with Crippen molar-refractivity contribution in [3.63, 3.8) is 0 Å². The Bertz CT molecular complexity index is 946. The minimum atomic E-state index is 0.174. The molecule has 0 spiro atoms. The second-order valence-electron chi connectivity index (χ2n) is 10.6. The van der Waals surface area contributed by atoms with Crippen LogP contribution >= 0.6 is 12.6 Å². The number of aldehydes is 1. The minimum Gasteiger partial charge on any atom is -0.341 e. The van der Waals surface area contributed by atoms with Gasteiger partial charge in [-0.05, 0) is 99.4 Å². The van der Waals surface area contributed by atoms with Crippen molar-refractivity contribution < 1.29 is 4.79 Å². The van der Waals surface area contributed by atoms with Crippen LogP contribution in [0.4, 0.5) is 0 Å². The summed E-state index contributed by atoms with van der Waals surface area (Å²) in [6, 6.07) is 5.13. The number of carbonyl (C=O) groups is 1. The van der Waals surface area contributed by atoms with Crippen molar-refractivity contribution in [3.8, 4) is 0 Å². The van der Waals surface area contributed by atoms with Crippen molar-refractivity contribution in [3.05, 3.63) is 70.1 Å². The molecule has 0 amide bonds. The SMILES string of the molecule is C=CN1C(C=O)=C(CNCCc2cc(CCCCC)cc(C)c2C2C=C(C)CCC2)CC1C(C)S. The molecule has 0 aromatic heterocycles. The van der Waals surface area contributed by atoms with E-state index in [-0.39, 0.29) is 11.3 Å². The van der Waals surface area contributed by atoms with E-state index in [4.69, 9.17) is 0 Å². The molecule has 1 aromatic rings. The van der Waals surface area contributed by atoms with Gasteiger partial charge in [0.2, 0.25) is 0 Å². The van der Waals surface area contributed by atoms with Crippen molar-refractivity contribution in [2.45, 2.75) is 103 Å². The number of nitrogens with zero attached hydrogens (tertiary/aromatic N) is 1. The Morgan fingerprint density at radius 3 is 2.71 bits per heavy atom. The molecule has 0 fully saturated rings. The zero-order chi connectivity index (χ0) is 25.4. The van der Waals surface area contributed by atoms with Gasteiger partial charge in [-0.1, -0.05) is 57.0 Å². The van der Waals surface area contributed by atoms with E-state index in [9.17, 15) is 4.79 Å². The molecule has 3 unspecified atom stereocenters. The molecule has 1 N–H and O–H groups in total. The fourth-order valence-corrected chi connectivity index (χ4v) is 6.22. The lowest BCUT2D eigenvalue weighted by Gasteiger charge is -2.26. The fraction of sp³-hybridized carbons (Fsp3) is 0.581. The zero-order valence-electron chi connectivity index (χ0n) is 22.4. The average molecular weight is 495 g/mol. The number of hydrogen-bond donors (Lipinski definition) is 2. The number of allylic oxidation sites excluding steroid dienone is 3. The lowest BCUT2D eigenvalue weighted by molar-refractivity contribution is -0.106. The first-order valence-electron chi connectivity index (χ1n) is 13.7. The molecule has 2 aliphatic rings. The largest absolute Gasteiger partial charge is 0.341 e. The van der Waals surface area contributed by atoms with Crippen LogP contribution in [-0.4, -0.2) is 35.6 Å². The first kappa shape index (κ1) is 27.8. The summed E-state index contributed by atoms with van der Waals surface area (Å²) in [6.07, 6.45) is 15.9. The maximum atomic E-state index is 11.8. The Kier molecular flexibility index (Phi) is 10.7. The number of benzene rings is 1. The normalized spacial score (nSPS) is 21.3. The highest BCUT2D eigenvalue weighted by molar-refractivity contribution is 7.81. The number of nitrogens with one attached hydrogen (secondary N) is 1. The topological polar surface area (TPSA) is 32.3 Å². The third-order valence-electron chi connectivity index (χ3n) is 7.77. The van der Waals surface area contributed by atoms with Crippen LogP contribution in [0.5, 0.6) is 0 Å². The van der Waals surface area contributed by atoms with Gasteiger partial charge in [-0.2, -0.15) is 12.6 Å². The Balaban J connectivity index is 1.73. The molecule has 1 aliphatic carbocycles. The van der Waals surface area contributed by atoms with Crippen LogP contribution in [0.3, 0.4) is 0 Å². The number of carbonyl (C=O) groups excluding carboxylic acids is 1. The van der Waals surface area contributed by atoms with Crippen LogP contribution in [0.15, 0.2) is 47.8 Å². The summed E-state index contributed by atoms with van der Waals surface area (Å²) in [7, 11) is 0. The molecular formula is C31H46N2OS. The van der Waals surface area contributed by atoms with Gasteiger partial charge in [-0.25, -0.2) is 0 Å². The van der Waals surface area contributed by atoms with Crippen LogP contribution in [-0.2, 0) is 17.6 Å². The van der Waals surface area contributed by atoms with Crippen molar-refractivity contribution in [1.29, 1.82) is 0 Å². The molecule has 3 rings (SSSR count). The number of hydrogen-bond acceptors (Lipinski definition) is 4. The highest BCUT2D eigenvalue weighted by Gasteiger charge is 2.32. The summed E-state index contributed by atoms with van der Waals surface area (Å²) in [5.41, 5.74) is 9.47. The third-order valence-corrected chi connectivity index (χ3v) is 8.12. The van der Waals surface area contributed by atoms with E-state index in [0.29, 0.717) is 5.92 Å². The van der Waals surface area contributed by atoms with Gasteiger partial charge >= 0.3 is 0 Å². The molecular weight excluding hydrogens is 448 g/mol. The van der Waals surface area contributed by atoms with Crippen molar-refractivity contribution in [1.82, 2.24) is 10.2 Å². The van der Waals surface area contributed by atoms with Gasteiger partial charge in [0, 0.05) is 23.8 Å². The Labute approximate surface area is 219 Å². The van der Waals surface area contributed by atoms with E-state index < -0.39 is 0 Å². The van der Waals surface area contributed by atoms with Crippen LogP contribution in [0.1, 0.15) is 93.9 Å². The highest BCUT2D eigenvalue weighted by atomic mass is 32.1. The van der Waals surface area contributed by atoms with Crippen molar-refractivity contribution >= 4 is 18.9 Å². The number of unbranched alkanes of at least 4 members (excludes halogenated alkanes) is 2. The molecule has 0 saturated heterocycles. The summed E-state index contributed by atoms with van der Waals surface area (Å²) in [4.78, 5) is 13.8. The molecule has 35 heavy (non-hydrogen) atoms. The average Bonchev–Trinajstić information content (AvgIpc) is 3.19. The van der Waals surface area contributed by atoms with Gasteiger partial charge in [-0.15, -0.1) is 0 Å². The van der Waals surface area contributed by atoms with E-state index >= 15 is 0 Å². The van der Waals surface area contributed by atoms with Gasteiger partial charge in [0.05, 0.1) is 5.70 Å². The summed E-state index contributed by atoms with van der Waals surface area (Å²) in [6.45, 7) is 14.5. The van der Waals surface area contributed by atoms with E-state index in [1.807, 2.05) is 4.90 Å². The van der Waals surface area contributed by atoms with Gasteiger partial charge in [0.25, 0.3) is 0 Å². The standard InChI is InChI=1S/C31H46N2OS/c1-6-8-9-12-25-17-23(4)31(26-13-10-11-22(3)16-26)27(18-25)14-15-32-20-28-19-29(24(5)35)33(7-2)30(28)21-34/h7,16-18,21,24,26,29,32,35H,2,6,8-15,19-20H2,1,3-5H3. The summed E-state index contributed by atoms with van der Waals surface area (Å²) in [5.74, 6) is 0.543. The van der Waals surface area contributed by atoms with Crippen LogP contribution in [0, 0.1) is 6.92 Å². The monoisotopic (exact) mass is 494 g/mol. The van der Waals surface area contributed by atoms with Crippen LogP contribution in [0.2, 0.25) is 0 Å². The molecule has 3 atom stereocenters. The second-order valence-corrected chi connectivity index (χ2v) is 11.4. The predicted molar refractivity (Wildman–Crippen MR) is 153 cm³/mol. The molecule has 0 bridgehead atoms. The fourth-order valence-electron chi connectivity index (χ4n) is 5.97. The van der Waals surface area contributed by atoms with E-state index in [1.54, 1.807) is 11.8 Å². The Hall–Kier alpha value is -1.78. The highest BCUT2D eigenvalue weighted by Crippen LogP contribution is 2.36. The number of thiol groups is 1. The molecule has 192 valence electrons. The van der Waals surface area contributed by atoms with Crippen molar-refractivity contribution in [2.75, 3.05) is 13.1 Å². The molecule has 1 aliphatic heterocycles. The van der Waals surface area contributed by atoms with E-state index in [1.165, 1.54) is 72.8 Å². The number of rotatable bonds is 13. The zero-order valence-corrected chi connectivity index (χ0v) is 23.3. The summed E-state index contributed by atoms with van der Waals surface area (Å²) in [5, 5.41) is 3.83. The first-order chi connectivity index (χ1) is 16.9. The van der Waals surface area contributed by atoms with E-state index in [2.05, 4.69) is 70.4 Å². The lowest BCUT2D eigenvalue weighted by atomic mass is 9.80. The molecule has 3 nitrogen and oxygen atoms in total. The first-order valence-corrected chi connectivity index (χ1v) is 14.2. The molecule has 1 aromatic carbocycles. The molecule has 0 radical (unpaired) electrons. The van der Waals surface area contributed by atoms with Crippen LogP contribution in [0.25, 0.3) is 0 Å². The summed E-state index contributed by atoms with van der Waals surface area (Å²) >= 11 is 4.64.